The molecule has 2 bridgehead atoms. The molecule has 0 aromatic carbocycles. The zero-order chi connectivity index (χ0) is 23.0. The molecule has 1 aromatic heterocycles. The van der Waals surface area contributed by atoms with E-state index in [1.54, 1.807) is 28.0 Å². The molecule has 0 radical (unpaired) electrons. The Balaban J connectivity index is 0.00000512. The average Bonchev–Trinajstić information content (AvgIpc) is 2.64. The van der Waals surface area contributed by atoms with Gasteiger partial charge in [0.25, 0.3) is 0 Å². The normalized spacial score (nSPS) is 17.2. The molecule has 1 unspecified atom stereocenters. The molecular weight excluding hydrogens is 569 g/mol. The van der Waals surface area contributed by atoms with Crippen LogP contribution < -0.4 is 0 Å². The number of aliphatic carboxylic acids is 4. The van der Waals surface area contributed by atoms with Crippen molar-refractivity contribution in [1.82, 2.24) is 19.7 Å². The molecule has 1 aliphatic rings. The zero-order valence-electron chi connectivity index (χ0n) is 17.2. The van der Waals surface area contributed by atoms with Gasteiger partial charge in [-0.1, -0.05) is 6.07 Å². The van der Waals surface area contributed by atoms with Crippen LogP contribution in [0.15, 0.2) is 18.2 Å². The third-order valence-electron chi connectivity index (χ3n) is 4.85. The monoisotopic (exact) mass is 596 g/mol. The molecule has 0 spiro atoms. The van der Waals surface area contributed by atoms with E-state index in [1.807, 2.05) is 0 Å². The topological polar surface area (TPSA) is 172 Å². The molecule has 0 saturated heterocycles. The van der Waals surface area contributed by atoms with Crippen LogP contribution in [0.3, 0.4) is 0 Å². The first kappa shape index (κ1) is 28.3. The van der Waals surface area contributed by atoms with Crippen LogP contribution in [0, 0.1) is 39.9 Å². The summed E-state index contributed by atoms with van der Waals surface area (Å²) in [4.78, 5) is 54.6. The molecule has 0 amide bonds. The van der Waals surface area contributed by atoms with Gasteiger partial charge in [0.15, 0.2) is 0 Å². The first-order valence-corrected chi connectivity index (χ1v) is 9.65. The van der Waals surface area contributed by atoms with Crippen molar-refractivity contribution < 1.29 is 79.5 Å². The maximum atomic E-state index is 11.7. The Morgan fingerprint density at radius 3 is 1.66 bits per heavy atom. The first-order chi connectivity index (χ1) is 14.6. The summed E-state index contributed by atoms with van der Waals surface area (Å²) >= 11 is 0. The SMILES string of the molecule is O=C(O)CC(C(=O)O)N1CCN(CC(=O)O)Cc2cccc(n2)CN(CC(=O)O)CC1.[Gd]. The van der Waals surface area contributed by atoms with Gasteiger partial charge in [-0.15, -0.1) is 0 Å². The van der Waals surface area contributed by atoms with Crippen LogP contribution in [0.4, 0.5) is 0 Å². The summed E-state index contributed by atoms with van der Waals surface area (Å²) in [6.45, 7) is 0.341. The molecule has 178 valence electrons. The molecule has 1 aliphatic heterocycles. The summed E-state index contributed by atoms with van der Waals surface area (Å²) in [5.41, 5.74) is 1.20. The number of hydrogen-bond acceptors (Lipinski definition) is 8. The molecule has 0 fully saturated rings. The number of carboxylic acid groups (broad SMARTS) is 4. The molecule has 12 nitrogen and oxygen atoms in total. The molecule has 1 aromatic rings. The summed E-state index contributed by atoms with van der Waals surface area (Å²) in [5.74, 6) is -4.69. The minimum Gasteiger partial charge on any atom is -0.481 e. The van der Waals surface area contributed by atoms with Gasteiger partial charge in [0, 0.05) is 79.2 Å². The van der Waals surface area contributed by atoms with E-state index in [-0.39, 0.29) is 92.3 Å². The van der Waals surface area contributed by atoms with E-state index in [0.29, 0.717) is 11.4 Å². The van der Waals surface area contributed by atoms with Crippen molar-refractivity contribution in [3.63, 3.8) is 0 Å². The maximum absolute atomic E-state index is 11.7. The summed E-state index contributed by atoms with van der Waals surface area (Å²) in [7, 11) is 0. The number of nitrogens with zero attached hydrogens (tertiary/aromatic N) is 4. The summed E-state index contributed by atoms with van der Waals surface area (Å²) in [6, 6.07) is 3.90. The standard InChI is InChI=1S/C19H26N4O8.Gd/c24-16(25)8-15(19(30)31)23-6-4-21(11-17(26)27)9-13-2-1-3-14(20-13)10-22(5-7-23)12-18(28)29;/h1-3,15H,4-12H2,(H,24,25)(H,26,27)(H,28,29)(H,30,31);. The van der Waals surface area contributed by atoms with Gasteiger partial charge < -0.3 is 20.4 Å². The minimum atomic E-state index is -1.32. The second-order valence-corrected chi connectivity index (χ2v) is 7.32. The Morgan fingerprint density at radius 1 is 0.812 bits per heavy atom. The van der Waals surface area contributed by atoms with Crippen LogP contribution in [-0.2, 0) is 32.3 Å². The molecule has 1 atom stereocenters. The Labute approximate surface area is 216 Å². The van der Waals surface area contributed by atoms with E-state index >= 15 is 0 Å². The Bertz CT molecular complexity index is 779. The minimum absolute atomic E-state index is 0. The van der Waals surface area contributed by atoms with Crippen molar-refractivity contribution >= 4 is 23.9 Å². The molecular formula is C19H26GdN4O8. The third kappa shape index (κ3) is 9.80. The maximum Gasteiger partial charge on any atom is 0.321 e. The molecule has 4 N–H and O–H groups in total. The second kappa shape index (κ2) is 13.7. The van der Waals surface area contributed by atoms with Gasteiger partial charge in [0.2, 0.25) is 0 Å². The van der Waals surface area contributed by atoms with Crippen LogP contribution in [-0.4, -0.2) is 109 Å². The molecule has 2 rings (SSSR count). The predicted molar refractivity (Wildman–Crippen MR) is 105 cm³/mol. The second-order valence-electron chi connectivity index (χ2n) is 7.32. The summed E-state index contributed by atoms with van der Waals surface area (Å²) < 4.78 is 0. The van der Waals surface area contributed by atoms with Crippen LogP contribution in [0.25, 0.3) is 0 Å². The largest absolute Gasteiger partial charge is 0.481 e. The van der Waals surface area contributed by atoms with Gasteiger partial charge in [-0.2, -0.15) is 0 Å². The Kier molecular flexibility index (Phi) is 12.1. The fourth-order valence-corrected chi connectivity index (χ4v) is 3.48. The average molecular weight is 596 g/mol. The van der Waals surface area contributed by atoms with Crippen molar-refractivity contribution in [3.05, 3.63) is 29.6 Å². The number of carbonyl (C=O) groups is 4. The predicted octanol–water partition coefficient (Wildman–Crippen LogP) is -0.902. The van der Waals surface area contributed by atoms with Crippen LogP contribution >= 0.6 is 0 Å². The van der Waals surface area contributed by atoms with E-state index in [2.05, 4.69) is 4.98 Å². The number of carboxylic acids is 4. The quantitative estimate of drug-likeness (QED) is 0.292. The molecule has 0 aliphatic carbocycles. The Hall–Kier alpha value is -1.77. The number of rotatable bonds is 8. The number of pyridine rings is 1. The van der Waals surface area contributed by atoms with E-state index in [9.17, 15) is 34.5 Å². The van der Waals surface area contributed by atoms with Crippen LogP contribution in [0.2, 0.25) is 0 Å². The Morgan fingerprint density at radius 2 is 1.28 bits per heavy atom. The van der Waals surface area contributed by atoms with Crippen molar-refractivity contribution in [2.75, 3.05) is 39.3 Å². The van der Waals surface area contributed by atoms with E-state index in [1.165, 1.54) is 4.90 Å². The number of hydrogen-bond donors (Lipinski definition) is 4. The third-order valence-corrected chi connectivity index (χ3v) is 4.85. The van der Waals surface area contributed by atoms with Crippen molar-refractivity contribution in [2.45, 2.75) is 25.6 Å². The fraction of sp³-hybridized carbons (Fsp3) is 0.526. The fourth-order valence-electron chi connectivity index (χ4n) is 3.48. The van der Waals surface area contributed by atoms with Crippen molar-refractivity contribution in [1.29, 1.82) is 0 Å². The van der Waals surface area contributed by atoms with E-state index < -0.39 is 36.3 Å². The van der Waals surface area contributed by atoms with E-state index in [0.717, 1.165) is 0 Å². The van der Waals surface area contributed by atoms with Gasteiger partial charge >= 0.3 is 23.9 Å². The van der Waals surface area contributed by atoms with Gasteiger partial charge in [0.1, 0.15) is 6.04 Å². The number of fused-ring (bicyclic) bond motifs is 2. The van der Waals surface area contributed by atoms with Crippen LogP contribution in [0.5, 0.6) is 0 Å². The molecule has 0 saturated carbocycles. The summed E-state index contributed by atoms with van der Waals surface area (Å²) in [6.07, 6.45) is -0.631. The summed E-state index contributed by atoms with van der Waals surface area (Å²) in [5, 5.41) is 37.1. The van der Waals surface area contributed by atoms with Crippen molar-refractivity contribution in [2.24, 2.45) is 0 Å². The first-order valence-electron chi connectivity index (χ1n) is 9.65. The molecule has 2 heterocycles. The van der Waals surface area contributed by atoms with Gasteiger partial charge in [0.05, 0.1) is 30.9 Å². The number of aromatic nitrogens is 1. The van der Waals surface area contributed by atoms with Gasteiger partial charge in [-0.05, 0) is 12.1 Å². The van der Waals surface area contributed by atoms with E-state index in [4.69, 9.17) is 5.11 Å². The molecule has 32 heavy (non-hydrogen) atoms. The molecule has 13 heteroatoms. The van der Waals surface area contributed by atoms with Gasteiger partial charge in [-0.25, -0.2) is 0 Å². The van der Waals surface area contributed by atoms with Crippen LogP contribution in [0.1, 0.15) is 17.8 Å². The van der Waals surface area contributed by atoms with Crippen molar-refractivity contribution in [3.8, 4) is 0 Å². The smallest absolute Gasteiger partial charge is 0.321 e. The van der Waals surface area contributed by atoms with Gasteiger partial charge in [-0.3, -0.25) is 38.9 Å². The zero-order valence-corrected chi connectivity index (χ0v) is 19.5.